The minimum atomic E-state index is -0.636. The zero-order valence-corrected chi connectivity index (χ0v) is 22.9. The third kappa shape index (κ3) is 5.02. The minimum Gasteiger partial charge on any atom is -0.456 e. The molecule has 2 aromatic heterocycles. The summed E-state index contributed by atoms with van der Waals surface area (Å²) in [5.41, 5.74) is 4.04. The molecule has 0 radical (unpaired) electrons. The Bertz CT molecular complexity index is 1370. The van der Waals surface area contributed by atoms with Crippen molar-refractivity contribution in [1.29, 1.82) is 0 Å². The molecule has 10 nitrogen and oxygen atoms in total. The SMILES string of the molecule is O=C(O[C@H]1CC[C@H](c2ccc(-c3nc4[nH]c(O[C@@H]5CO[C@H]6[C@@H]5OC[C@H]6O)nc4cc3Cl)cc2)CC1)N1CCCC1. The van der Waals surface area contributed by atoms with Crippen LogP contribution in [0.4, 0.5) is 4.79 Å². The van der Waals surface area contributed by atoms with Crippen LogP contribution in [0.2, 0.25) is 5.02 Å². The maximum atomic E-state index is 12.3. The lowest BCUT2D eigenvalue weighted by Crippen LogP contribution is -2.34. The molecule has 5 heterocycles. The number of aliphatic hydroxyl groups is 1. The average Bonchev–Trinajstić information content (AvgIpc) is 3.76. The van der Waals surface area contributed by atoms with Crippen LogP contribution in [0.5, 0.6) is 6.01 Å². The van der Waals surface area contributed by atoms with Crippen LogP contribution in [0, 0.1) is 0 Å². The van der Waals surface area contributed by atoms with Crippen molar-refractivity contribution in [2.45, 2.75) is 75.0 Å². The first kappa shape index (κ1) is 26.0. The number of hydrogen-bond acceptors (Lipinski definition) is 8. The molecule has 3 aromatic rings. The van der Waals surface area contributed by atoms with Gasteiger partial charge in [0, 0.05) is 18.7 Å². The lowest BCUT2D eigenvalue weighted by molar-refractivity contribution is 0.00706. The molecule has 3 saturated heterocycles. The zero-order valence-electron chi connectivity index (χ0n) is 22.1. The number of amides is 1. The second-order valence-corrected chi connectivity index (χ2v) is 11.6. The molecule has 0 spiro atoms. The van der Waals surface area contributed by atoms with Crippen molar-refractivity contribution in [3.05, 3.63) is 40.9 Å². The summed E-state index contributed by atoms with van der Waals surface area (Å²) in [5, 5.41) is 10.5. The smallest absolute Gasteiger partial charge is 0.410 e. The molecular formula is C29H33ClN4O6. The van der Waals surface area contributed by atoms with Crippen molar-refractivity contribution in [1.82, 2.24) is 19.9 Å². The van der Waals surface area contributed by atoms with Gasteiger partial charge in [0.05, 0.1) is 23.9 Å². The van der Waals surface area contributed by atoms with Crippen LogP contribution in [0.25, 0.3) is 22.4 Å². The highest BCUT2D eigenvalue weighted by molar-refractivity contribution is 6.33. The first-order chi connectivity index (χ1) is 19.5. The fourth-order valence-electron chi connectivity index (χ4n) is 6.39. The molecular weight excluding hydrogens is 536 g/mol. The number of ether oxygens (including phenoxy) is 4. The van der Waals surface area contributed by atoms with E-state index in [2.05, 4.69) is 34.2 Å². The summed E-state index contributed by atoms with van der Waals surface area (Å²) < 4.78 is 23.0. The molecule has 1 saturated carbocycles. The molecule has 2 N–H and O–H groups in total. The molecule has 4 aliphatic rings. The molecule has 1 aliphatic carbocycles. The quantitative estimate of drug-likeness (QED) is 0.463. The number of nitrogens with one attached hydrogen (secondary N) is 1. The van der Waals surface area contributed by atoms with Crippen LogP contribution >= 0.6 is 11.6 Å². The van der Waals surface area contributed by atoms with Gasteiger partial charge in [0.15, 0.2) is 11.8 Å². The van der Waals surface area contributed by atoms with Crippen LogP contribution in [0.3, 0.4) is 0 Å². The van der Waals surface area contributed by atoms with Gasteiger partial charge in [-0.25, -0.2) is 9.78 Å². The Labute approximate surface area is 236 Å². The molecule has 0 bridgehead atoms. The van der Waals surface area contributed by atoms with Crippen LogP contribution in [0.1, 0.15) is 50.0 Å². The molecule has 11 heteroatoms. The van der Waals surface area contributed by atoms with E-state index < -0.39 is 6.10 Å². The Morgan fingerprint density at radius 2 is 1.77 bits per heavy atom. The standard InChI is InChI=1S/C29H33ClN4O6/c30-20-13-21-27(33-28(31-21)40-23-15-38-25-22(35)14-37-26(23)25)32-24(20)18-5-3-16(4-6-18)17-7-9-19(10-8-17)39-29(36)34-11-1-2-12-34/h3-6,13,17,19,22-23,25-26,35H,1-2,7-12,14-15H2,(H,31,32,33)/t17-,19-,22-,23-,25-,26-/m1/s1. The minimum absolute atomic E-state index is 0.0153. The molecule has 212 valence electrons. The number of aromatic nitrogens is 3. The van der Waals surface area contributed by atoms with Gasteiger partial charge in [-0.1, -0.05) is 35.9 Å². The Hall–Kier alpha value is -2.92. The Kier molecular flexibility index (Phi) is 7.03. The average molecular weight is 569 g/mol. The maximum Gasteiger partial charge on any atom is 0.410 e. The third-order valence-electron chi connectivity index (χ3n) is 8.61. The second-order valence-electron chi connectivity index (χ2n) is 11.2. The van der Waals surface area contributed by atoms with Crippen molar-refractivity contribution in [3.8, 4) is 17.3 Å². The van der Waals surface area contributed by atoms with Crippen molar-refractivity contribution in [2.75, 3.05) is 26.3 Å². The number of fused-ring (bicyclic) bond motifs is 2. The van der Waals surface area contributed by atoms with E-state index in [0.717, 1.165) is 57.2 Å². The van der Waals surface area contributed by atoms with Gasteiger partial charge in [0.1, 0.15) is 29.9 Å². The van der Waals surface area contributed by atoms with Crippen molar-refractivity contribution in [3.63, 3.8) is 0 Å². The van der Waals surface area contributed by atoms with Gasteiger partial charge in [-0.2, -0.15) is 4.98 Å². The number of hydrogen-bond donors (Lipinski definition) is 2. The fraction of sp³-hybridized carbons (Fsp3) is 0.552. The van der Waals surface area contributed by atoms with Crippen molar-refractivity contribution in [2.24, 2.45) is 0 Å². The summed E-state index contributed by atoms with van der Waals surface area (Å²) in [6.07, 6.45) is 4.09. The summed E-state index contributed by atoms with van der Waals surface area (Å²) in [7, 11) is 0. The number of pyridine rings is 1. The Balaban J connectivity index is 0.994. The van der Waals surface area contributed by atoms with E-state index in [-0.39, 0.29) is 37.1 Å². The normalized spacial score (nSPS) is 30.1. The largest absolute Gasteiger partial charge is 0.456 e. The predicted molar refractivity (Wildman–Crippen MR) is 147 cm³/mol. The van der Waals surface area contributed by atoms with E-state index in [9.17, 15) is 9.90 Å². The number of nitrogens with zero attached hydrogens (tertiary/aromatic N) is 3. The summed E-state index contributed by atoms with van der Waals surface area (Å²) in [5.74, 6) is 0.443. The highest BCUT2D eigenvalue weighted by Crippen LogP contribution is 2.37. The third-order valence-corrected chi connectivity index (χ3v) is 8.90. The fourth-order valence-corrected chi connectivity index (χ4v) is 6.64. The van der Waals surface area contributed by atoms with Gasteiger partial charge in [-0.15, -0.1) is 0 Å². The number of carbonyl (C=O) groups is 1. The molecule has 1 aromatic carbocycles. The molecule has 40 heavy (non-hydrogen) atoms. The first-order valence-corrected chi connectivity index (χ1v) is 14.6. The molecule has 0 unspecified atom stereocenters. The number of rotatable bonds is 5. The lowest BCUT2D eigenvalue weighted by atomic mass is 9.82. The van der Waals surface area contributed by atoms with Gasteiger partial charge in [-0.05, 0) is 56.1 Å². The highest BCUT2D eigenvalue weighted by Gasteiger charge is 2.48. The Morgan fingerprint density at radius 3 is 2.55 bits per heavy atom. The summed E-state index contributed by atoms with van der Waals surface area (Å²) >= 11 is 6.63. The van der Waals surface area contributed by atoms with Gasteiger partial charge >= 0.3 is 6.09 Å². The monoisotopic (exact) mass is 568 g/mol. The van der Waals surface area contributed by atoms with E-state index in [1.165, 1.54) is 5.56 Å². The topological polar surface area (TPSA) is 119 Å². The van der Waals surface area contributed by atoms with E-state index in [1.807, 2.05) is 4.90 Å². The van der Waals surface area contributed by atoms with Gasteiger partial charge in [0.2, 0.25) is 0 Å². The number of halogens is 1. The molecule has 4 fully saturated rings. The van der Waals surface area contributed by atoms with Gasteiger partial charge < -0.3 is 29.0 Å². The van der Waals surface area contributed by atoms with Crippen LogP contribution in [0.15, 0.2) is 30.3 Å². The summed E-state index contributed by atoms with van der Waals surface area (Å²) in [6, 6.07) is 10.5. The molecule has 3 aliphatic heterocycles. The van der Waals surface area contributed by atoms with Gasteiger partial charge in [-0.3, -0.25) is 4.98 Å². The van der Waals surface area contributed by atoms with E-state index in [1.54, 1.807) is 6.07 Å². The second kappa shape index (κ2) is 10.8. The van der Waals surface area contributed by atoms with Crippen LogP contribution < -0.4 is 4.74 Å². The number of aliphatic hydroxyl groups excluding tert-OH is 1. The van der Waals surface area contributed by atoms with Crippen molar-refractivity contribution < 1.29 is 28.8 Å². The molecule has 4 atom stereocenters. The van der Waals surface area contributed by atoms with E-state index >= 15 is 0 Å². The summed E-state index contributed by atoms with van der Waals surface area (Å²) in [4.78, 5) is 26.5. The maximum absolute atomic E-state index is 12.3. The molecule has 1 amide bonds. The predicted octanol–water partition coefficient (Wildman–Crippen LogP) is 4.44. The number of aromatic amines is 1. The van der Waals surface area contributed by atoms with Crippen LogP contribution in [-0.4, -0.2) is 87.9 Å². The number of likely N-dealkylation sites (tertiary alicyclic amines) is 1. The number of benzene rings is 1. The Morgan fingerprint density at radius 1 is 1.02 bits per heavy atom. The zero-order chi connectivity index (χ0) is 27.2. The summed E-state index contributed by atoms with van der Waals surface area (Å²) in [6.45, 7) is 2.20. The van der Waals surface area contributed by atoms with Crippen LogP contribution in [-0.2, 0) is 14.2 Å². The van der Waals surface area contributed by atoms with E-state index in [0.29, 0.717) is 40.4 Å². The number of H-pyrrole nitrogens is 1. The van der Waals surface area contributed by atoms with Crippen molar-refractivity contribution >= 4 is 28.9 Å². The number of imidazole rings is 1. The first-order valence-electron chi connectivity index (χ1n) is 14.2. The molecule has 7 rings (SSSR count). The lowest BCUT2D eigenvalue weighted by Gasteiger charge is -2.30. The van der Waals surface area contributed by atoms with E-state index in [4.69, 9.17) is 35.5 Å². The number of carbonyl (C=O) groups excluding carboxylic acids is 1. The highest BCUT2D eigenvalue weighted by atomic mass is 35.5. The van der Waals surface area contributed by atoms with Gasteiger partial charge in [0.25, 0.3) is 6.01 Å².